The highest BCUT2D eigenvalue weighted by Gasteiger charge is 2.46. The highest BCUT2D eigenvalue weighted by molar-refractivity contribution is 6.05. The molecule has 0 bridgehead atoms. The second-order valence-electron chi connectivity index (χ2n) is 8.70. The van der Waals surface area contributed by atoms with E-state index in [9.17, 15) is 19.8 Å². The van der Waals surface area contributed by atoms with Gasteiger partial charge in [-0.2, -0.15) is 0 Å². The van der Waals surface area contributed by atoms with Gasteiger partial charge < -0.3 is 10.2 Å². The van der Waals surface area contributed by atoms with Crippen molar-refractivity contribution in [3.63, 3.8) is 0 Å². The Bertz CT molecular complexity index is 1340. The van der Waals surface area contributed by atoms with Crippen LogP contribution in [-0.4, -0.2) is 22.2 Å². The van der Waals surface area contributed by atoms with Crippen LogP contribution in [0.2, 0.25) is 0 Å². The first-order chi connectivity index (χ1) is 15.0. The van der Waals surface area contributed by atoms with E-state index in [0.29, 0.717) is 12.8 Å². The molecule has 152 valence electrons. The van der Waals surface area contributed by atoms with Crippen molar-refractivity contribution in [3.05, 3.63) is 94.0 Å². The topological polar surface area (TPSA) is 74.6 Å². The van der Waals surface area contributed by atoms with Crippen molar-refractivity contribution in [2.75, 3.05) is 0 Å². The predicted molar refractivity (Wildman–Crippen MR) is 119 cm³/mol. The molecule has 1 spiro atoms. The Morgan fingerprint density at radius 2 is 1.10 bits per heavy atom. The number of fused-ring (bicyclic) bond motifs is 2. The van der Waals surface area contributed by atoms with E-state index in [4.69, 9.17) is 0 Å². The SMILES string of the molecule is O=C(O)c1ccc2cccc3c2c1C1(CC3)CCc2cccc3ccc(C(=O)O)c1c23. The second-order valence-corrected chi connectivity index (χ2v) is 8.70. The fourth-order valence-corrected chi connectivity index (χ4v) is 6.12. The number of benzene rings is 4. The Labute approximate surface area is 178 Å². The summed E-state index contributed by atoms with van der Waals surface area (Å²) in [6, 6.07) is 19.3. The smallest absolute Gasteiger partial charge is 0.336 e. The van der Waals surface area contributed by atoms with Gasteiger partial charge in [0.05, 0.1) is 11.1 Å². The van der Waals surface area contributed by atoms with Gasteiger partial charge in [-0.1, -0.05) is 48.5 Å². The molecule has 0 aliphatic heterocycles. The minimum absolute atomic E-state index is 0.285. The number of carboxylic acid groups (broad SMARTS) is 2. The molecule has 4 aromatic carbocycles. The summed E-state index contributed by atoms with van der Waals surface area (Å²) in [6.45, 7) is 0. The fraction of sp³-hybridized carbons (Fsp3) is 0.185. The molecule has 0 amide bonds. The monoisotopic (exact) mass is 408 g/mol. The molecule has 0 saturated carbocycles. The van der Waals surface area contributed by atoms with Crippen LogP contribution >= 0.6 is 0 Å². The molecular formula is C27H20O4. The Morgan fingerprint density at radius 3 is 1.52 bits per heavy atom. The average molecular weight is 408 g/mol. The molecule has 2 aliphatic rings. The highest BCUT2D eigenvalue weighted by Crippen LogP contribution is 2.54. The third kappa shape index (κ3) is 2.30. The van der Waals surface area contributed by atoms with Crippen LogP contribution in [0.15, 0.2) is 60.7 Å². The molecule has 0 fully saturated rings. The second kappa shape index (κ2) is 6.17. The lowest BCUT2D eigenvalue weighted by Crippen LogP contribution is -2.38. The molecular weight excluding hydrogens is 388 g/mol. The van der Waals surface area contributed by atoms with Crippen LogP contribution < -0.4 is 0 Å². The minimum Gasteiger partial charge on any atom is -0.478 e. The van der Waals surface area contributed by atoms with Crippen molar-refractivity contribution < 1.29 is 19.8 Å². The molecule has 0 atom stereocenters. The summed E-state index contributed by atoms with van der Waals surface area (Å²) in [6.07, 6.45) is 3.00. The number of rotatable bonds is 2. The highest BCUT2D eigenvalue weighted by atomic mass is 16.4. The summed E-state index contributed by atoms with van der Waals surface area (Å²) >= 11 is 0. The average Bonchev–Trinajstić information content (AvgIpc) is 2.78. The molecule has 0 radical (unpaired) electrons. The molecule has 2 N–H and O–H groups in total. The first kappa shape index (κ1) is 18.1. The maximum absolute atomic E-state index is 12.4. The first-order valence-corrected chi connectivity index (χ1v) is 10.6. The molecule has 4 aromatic rings. The zero-order chi connectivity index (χ0) is 21.3. The van der Waals surface area contributed by atoms with Gasteiger partial charge >= 0.3 is 11.9 Å². The zero-order valence-corrected chi connectivity index (χ0v) is 16.8. The number of hydrogen-bond donors (Lipinski definition) is 2. The van der Waals surface area contributed by atoms with E-state index in [0.717, 1.165) is 56.6 Å². The van der Waals surface area contributed by atoms with Gasteiger partial charge in [-0.25, -0.2) is 9.59 Å². The summed E-state index contributed by atoms with van der Waals surface area (Å²) in [5.74, 6) is -1.92. The van der Waals surface area contributed by atoms with Crippen LogP contribution in [0.4, 0.5) is 0 Å². The molecule has 0 heterocycles. The van der Waals surface area contributed by atoms with Gasteiger partial charge in [-0.15, -0.1) is 0 Å². The Balaban J connectivity index is 1.84. The number of hydrogen-bond acceptors (Lipinski definition) is 2. The maximum Gasteiger partial charge on any atom is 0.336 e. The summed E-state index contributed by atoms with van der Waals surface area (Å²) in [4.78, 5) is 24.8. The van der Waals surface area contributed by atoms with Crippen molar-refractivity contribution in [1.29, 1.82) is 0 Å². The third-order valence-electron chi connectivity index (χ3n) is 7.32. The van der Waals surface area contributed by atoms with Gasteiger partial charge in [0.2, 0.25) is 0 Å². The van der Waals surface area contributed by atoms with Crippen molar-refractivity contribution >= 4 is 33.5 Å². The fourth-order valence-electron chi connectivity index (χ4n) is 6.12. The summed E-state index contributed by atoms with van der Waals surface area (Å²) in [7, 11) is 0. The van der Waals surface area contributed by atoms with Crippen LogP contribution in [-0.2, 0) is 18.3 Å². The molecule has 31 heavy (non-hydrogen) atoms. The predicted octanol–water partition coefficient (Wildman–Crippen LogP) is 5.57. The van der Waals surface area contributed by atoms with Gasteiger partial charge in [0, 0.05) is 5.41 Å². The lowest BCUT2D eigenvalue weighted by atomic mass is 9.58. The van der Waals surface area contributed by atoms with E-state index < -0.39 is 17.4 Å². The van der Waals surface area contributed by atoms with E-state index >= 15 is 0 Å². The minimum atomic E-state index is -0.962. The number of aryl methyl sites for hydroxylation is 2. The molecule has 6 rings (SSSR count). The van der Waals surface area contributed by atoms with Crippen molar-refractivity contribution in [2.45, 2.75) is 31.1 Å². The lowest BCUT2D eigenvalue weighted by Gasteiger charge is -2.44. The van der Waals surface area contributed by atoms with E-state index in [1.54, 1.807) is 12.1 Å². The molecule has 0 saturated heterocycles. The molecule has 2 aliphatic carbocycles. The largest absolute Gasteiger partial charge is 0.478 e. The quantitative estimate of drug-likeness (QED) is 0.455. The normalized spacial score (nSPS) is 16.0. The lowest BCUT2D eigenvalue weighted by molar-refractivity contribution is 0.0686. The van der Waals surface area contributed by atoms with E-state index in [1.807, 2.05) is 36.4 Å². The molecule has 0 unspecified atom stereocenters. The van der Waals surface area contributed by atoms with Crippen LogP contribution in [0.1, 0.15) is 55.8 Å². The van der Waals surface area contributed by atoms with E-state index in [2.05, 4.69) is 12.1 Å². The Kier molecular flexibility index (Phi) is 3.61. The summed E-state index contributed by atoms with van der Waals surface area (Å²) in [5, 5.41) is 24.3. The number of carbonyl (C=O) groups is 2. The van der Waals surface area contributed by atoms with Crippen LogP contribution in [0.25, 0.3) is 21.5 Å². The maximum atomic E-state index is 12.4. The number of carboxylic acids is 2. The Morgan fingerprint density at radius 1 is 0.645 bits per heavy atom. The standard InChI is InChI=1S/C27H20O4/c28-25(29)19-9-7-15-3-1-5-17-11-13-27(23(19)21(15)17)14-12-18-6-2-4-16-8-10-20(26(30)31)24(27)22(16)18/h1-10H,11-14H2,(H,28,29)(H,30,31). The van der Waals surface area contributed by atoms with E-state index in [-0.39, 0.29) is 11.1 Å². The van der Waals surface area contributed by atoms with Gasteiger partial charge in [0.25, 0.3) is 0 Å². The molecule has 4 nitrogen and oxygen atoms in total. The van der Waals surface area contributed by atoms with Gasteiger partial charge in [-0.3, -0.25) is 0 Å². The van der Waals surface area contributed by atoms with Gasteiger partial charge in [-0.05, 0) is 81.6 Å². The van der Waals surface area contributed by atoms with Crippen molar-refractivity contribution in [1.82, 2.24) is 0 Å². The van der Waals surface area contributed by atoms with Crippen molar-refractivity contribution in [2.24, 2.45) is 0 Å². The van der Waals surface area contributed by atoms with Crippen molar-refractivity contribution in [3.8, 4) is 0 Å². The van der Waals surface area contributed by atoms with Crippen LogP contribution in [0.3, 0.4) is 0 Å². The zero-order valence-electron chi connectivity index (χ0n) is 16.8. The third-order valence-corrected chi connectivity index (χ3v) is 7.32. The van der Waals surface area contributed by atoms with Crippen LogP contribution in [0.5, 0.6) is 0 Å². The molecule has 4 heteroatoms. The van der Waals surface area contributed by atoms with Gasteiger partial charge in [0.15, 0.2) is 0 Å². The van der Waals surface area contributed by atoms with Gasteiger partial charge in [0.1, 0.15) is 0 Å². The van der Waals surface area contributed by atoms with Crippen LogP contribution in [0, 0.1) is 0 Å². The first-order valence-electron chi connectivity index (χ1n) is 10.6. The molecule has 0 aromatic heterocycles. The number of aromatic carboxylic acids is 2. The Hall–Kier alpha value is -3.66. The van der Waals surface area contributed by atoms with E-state index in [1.165, 1.54) is 0 Å². The summed E-state index contributed by atoms with van der Waals surface area (Å²) in [5.41, 5.74) is 3.81. The summed E-state index contributed by atoms with van der Waals surface area (Å²) < 4.78 is 0.